The van der Waals surface area contributed by atoms with E-state index in [9.17, 15) is 9.59 Å². The van der Waals surface area contributed by atoms with Crippen LogP contribution >= 0.6 is 0 Å². The zero-order valence-electron chi connectivity index (χ0n) is 13.6. The summed E-state index contributed by atoms with van der Waals surface area (Å²) in [5.41, 5.74) is 0.437. The van der Waals surface area contributed by atoms with E-state index in [2.05, 4.69) is 28.5 Å². The maximum absolute atomic E-state index is 12.0. The van der Waals surface area contributed by atoms with E-state index in [1.807, 2.05) is 17.9 Å². The summed E-state index contributed by atoms with van der Waals surface area (Å²) in [6, 6.07) is 3.81. The number of methoxy groups -OCH3 is 1. The van der Waals surface area contributed by atoms with Crippen molar-refractivity contribution >= 4 is 17.7 Å². The molecule has 22 heavy (non-hydrogen) atoms. The molecule has 2 heterocycles. The zero-order chi connectivity index (χ0) is 16.3. The van der Waals surface area contributed by atoms with Gasteiger partial charge in [0.2, 0.25) is 5.91 Å². The van der Waals surface area contributed by atoms with Gasteiger partial charge in [-0.1, -0.05) is 6.92 Å². The molecule has 0 aliphatic carbocycles. The van der Waals surface area contributed by atoms with Crippen LogP contribution in [-0.2, 0) is 9.53 Å². The fraction of sp³-hybridized carbons (Fsp3) is 0.562. The third-order valence-corrected chi connectivity index (χ3v) is 4.00. The van der Waals surface area contributed by atoms with Gasteiger partial charge in [0.05, 0.1) is 12.7 Å². The first kappa shape index (κ1) is 16.3. The van der Waals surface area contributed by atoms with Crippen molar-refractivity contribution in [1.29, 1.82) is 0 Å². The van der Waals surface area contributed by atoms with Gasteiger partial charge in [0, 0.05) is 37.8 Å². The molecule has 120 valence electrons. The van der Waals surface area contributed by atoms with Crippen LogP contribution in [0.1, 0.15) is 37.6 Å². The van der Waals surface area contributed by atoms with Gasteiger partial charge in [-0.3, -0.25) is 4.79 Å². The molecule has 0 bridgehead atoms. The molecule has 1 aliphatic heterocycles. The van der Waals surface area contributed by atoms with Crippen molar-refractivity contribution in [1.82, 2.24) is 9.88 Å². The standard InChI is InChI=1S/C16H23N3O3/c1-5-15(20)19-11(2)9-18(10-12(19)3)14-7-6-13(8-17-14)16(21)22-4/h6-8,11-12H,5,9-10H2,1-4H3/t11-,12+. The normalized spacial score (nSPS) is 21.6. The quantitative estimate of drug-likeness (QED) is 0.795. The fourth-order valence-electron chi connectivity index (χ4n) is 3.00. The van der Waals surface area contributed by atoms with Crippen molar-refractivity contribution in [3.63, 3.8) is 0 Å². The molecule has 1 fully saturated rings. The Morgan fingerprint density at radius 2 is 1.91 bits per heavy atom. The van der Waals surface area contributed by atoms with Gasteiger partial charge in [0.25, 0.3) is 0 Å². The monoisotopic (exact) mass is 305 g/mol. The first-order valence-corrected chi connectivity index (χ1v) is 7.58. The van der Waals surface area contributed by atoms with Crippen molar-refractivity contribution < 1.29 is 14.3 Å². The second-order valence-corrected chi connectivity index (χ2v) is 5.65. The van der Waals surface area contributed by atoms with Gasteiger partial charge >= 0.3 is 5.97 Å². The summed E-state index contributed by atoms with van der Waals surface area (Å²) >= 11 is 0. The average molecular weight is 305 g/mol. The Labute approximate surface area is 131 Å². The Bertz CT molecular complexity index is 532. The molecule has 2 rings (SSSR count). The van der Waals surface area contributed by atoms with E-state index in [0.29, 0.717) is 12.0 Å². The summed E-state index contributed by atoms with van der Waals surface area (Å²) < 4.78 is 4.67. The molecule has 1 aromatic rings. The minimum atomic E-state index is -0.390. The van der Waals surface area contributed by atoms with Crippen LogP contribution in [-0.4, -0.2) is 54.0 Å². The number of carbonyl (C=O) groups excluding carboxylic acids is 2. The van der Waals surface area contributed by atoms with E-state index in [1.54, 1.807) is 6.07 Å². The van der Waals surface area contributed by atoms with Gasteiger partial charge in [-0.25, -0.2) is 9.78 Å². The van der Waals surface area contributed by atoms with Crippen LogP contribution < -0.4 is 4.90 Å². The second kappa shape index (κ2) is 6.77. The van der Waals surface area contributed by atoms with E-state index in [1.165, 1.54) is 13.3 Å². The molecule has 0 N–H and O–H groups in total. The lowest BCUT2D eigenvalue weighted by Crippen LogP contribution is -2.58. The summed E-state index contributed by atoms with van der Waals surface area (Å²) in [6.07, 6.45) is 2.06. The number of carbonyl (C=O) groups is 2. The second-order valence-electron chi connectivity index (χ2n) is 5.65. The summed E-state index contributed by atoms with van der Waals surface area (Å²) in [6.45, 7) is 7.47. The molecule has 1 amide bonds. The number of hydrogen-bond donors (Lipinski definition) is 0. The van der Waals surface area contributed by atoms with Crippen LogP contribution in [0.5, 0.6) is 0 Å². The third-order valence-electron chi connectivity index (χ3n) is 4.00. The van der Waals surface area contributed by atoms with E-state index in [0.717, 1.165) is 18.9 Å². The van der Waals surface area contributed by atoms with E-state index in [-0.39, 0.29) is 24.0 Å². The molecule has 0 spiro atoms. The van der Waals surface area contributed by atoms with Crippen LogP contribution in [0, 0.1) is 0 Å². The summed E-state index contributed by atoms with van der Waals surface area (Å²) in [5, 5.41) is 0. The Kier molecular flexibility index (Phi) is 5.00. The highest BCUT2D eigenvalue weighted by Gasteiger charge is 2.32. The smallest absolute Gasteiger partial charge is 0.339 e. The first-order valence-electron chi connectivity index (χ1n) is 7.58. The molecular formula is C16H23N3O3. The number of esters is 1. The van der Waals surface area contributed by atoms with Gasteiger partial charge in [-0.2, -0.15) is 0 Å². The van der Waals surface area contributed by atoms with Crippen LogP contribution in [0.3, 0.4) is 0 Å². The van der Waals surface area contributed by atoms with Crippen molar-refractivity contribution in [3.8, 4) is 0 Å². The summed E-state index contributed by atoms with van der Waals surface area (Å²) in [4.78, 5) is 31.9. The van der Waals surface area contributed by atoms with Crippen LogP contribution in [0.25, 0.3) is 0 Å². The highest BCUT2D eigenvalue weighted by molar-refractivity contribution is 5.89. The van der Waals surface area contributed by atoms with Gasteiger partial charge in [-0.05, 0) is 26.0 Å². The number of hydrogen-bond acceptors (Lipinski definition) is 5. The molecule has 1 aliphatic rings. The molecular weight excluding hydrogens is 282 g/mol. The summed E-state index contributed by atoms with van der Waals surface area (Å²) in [5.74, 6) is 0.614. The summed E-state index contributed by atoms with van der Waals surface area (Å²) in [7, 11) is 1.35. The SMILES string of the molecule is CCC(=O)N1[C@H](C)CN(c2ccc(C(=O)OC)cn2)C[C@@H]1C. The Hall–Kier alpha value is -2.11. The van der Waals surface area contributed by atoms with Gasteiger partial charge in [0.15, 0.2) is 0 Å². The average Bonchev–Trinajstić information content (AvgIpc) is 2.53. The lowest BCUT2D eigenvalue weighted by molar-refractivity contribution is -0.135. The van der Waals surface area contributed by atoms with Gasteiger partial charge in [0.1, 0.15) is 5.82 Å². The number of amides is 1. The Morgan fingerprint density at radius 3 is 2.36 bits per heavy atom. The van der Waals surface area contributed by atoms with Crippen molar-refractivity contribution in [2.45, 2.75) is 39.3 Å². The lowest BCUT2D eigenvalue weighted by Gasteiger charge is -2.45. The number of ether oxygens (including phenoxy) is 1. The van der Waals surface area contributed by atoms with Crippen molar-refractivity contribution in [2.24, 2.45) is 0 Å². The number of rotatable bonds is 3. The zero-order valence-corrected chi connectivity index (χ0v) is 13.6. The van der Waals surface area contributed by atoms with Crippen molar-refractivity contribution in [2.75, 3.05) is 25.1 Å². The lowest BCUT2D eigenvalue weighted by atomic mass is 10.1. The molecule has 6 heteroatoms. The molecule has 0 saturated carbocycles. The minimum absolute atomic E-state index is 0.137. The number of nitrogens with zero attached hydrogens (tertiary/aromatic N) is 3. The fourth-order valence-corrected chi connectivity index (χ4v) is 3.00. The Balaban J connectivity index is 2.12. The Morgan fingerprint density at radius 1 is 1.27 bits per heavy atom. The predicted octanol–water partition coefficient (Wildman–Crippen LogP) is 1.70. The molecule has 6 nitrogen and oxygen atoms in total. The number of piperazine rings is 1. The molecule has 1 saturated heterocycles. The van der Waals surface area contributed by atoms with Crippen LogP contribution in [0.2, 0.25) is 0 Å². The number of anilines is 1. The van der Waals surface area contributed by atoms with Gasteiger partial charge < -0.3 is 14.5 Å². The maximum Gasteiger partial charge on any atom is 0.339 e. The number of aromatic nitrogens is 1. The topological polar surface area (TPSA) is 62.7 Å². The van der Waals surface area contributed by atoms with E-state index >= 15 is 0 Å². The third kappa shape index (κ3) is 3.21. The first-order chi connectivity index (χ1) is 10.5. The predicted molar refractivity (Wildman–Crippen MR) is 83.9 cm³/mol. The van der Waals surface area contributed by atoms with Crippen molar-refractivity contribution in [3.05, 3.63) is 23.9 Å². The van der Waals surface area contributed by atoms with Crippen LogP contribution in [0.15, 0.2) is 18.3 Å². The van der Waals surface area contributed by atoms with Crippen LogP contribution in [0.4, 0.5) is 5.82 Å². The van der Waals surface area contributed by atoms with E-state index < -0.39 is 0 Å². The molecule has 2 atom stereocenters. The largest absolute Gasteiger partial charge is 0.465 e. The minimum Gasteiger partial charge on any atom is -0.465 e. The highest BCUT2D eigenvalue weighted by atomic mass is 16.5. The molecule has 0 radical (unpaired) electrons. The molecule has 0 unspecified atom stereocenters. The highest BCUT2D eigenvalue weighted by Crippen LogP contribution is 2.21. The maximum atomic E-state index is 12.0. The number of pyridine rings is 1. The van der Waals surface area contributed by atoms with E-state index in [4.69, 9.17) is 0 Å². The molecule has 1 aromatic heterocycles. The van der Waals surface area contributed by atoms with Gasteiger partial charge in [-0.15, -0.1) is 0 Å². The molecule has 0 aromatic carbocycles.